The smallest absolute Gasteiger partial charge is 0.245 e. The van der Waals surface area contributed by atoms with Crippen LogP contribution in [0.3, 0.4) is 0 Å². The maximum Gasteiger partial charge on any atom is 0.245 e. The molecule has 2 heterocycles. The molecule has 0 fully saturated rings. The number of aryl methyl sites for hydroxylation is 1. The van der Waals surface area contributed by atoms with Crippen molar-refractivity contribution in [1.29, 1.82) is 0 Å². The van der Waals surface area contributed by atoms with Crippen molar-refractivity contribution in [2.24, 2.45) is 10.7 Å². The maximum atomic E-state index is 5.90. The predicted molar refractivity (Wildman–Crippen MR) is 84.5 cm³/mol. The molecule has 0 amide bonds. The number of pyridine rings is 1. The van der Waals surface area contributed by atoms with E-state index >= 15 is 0 Å². The molecule has 1 aromatic rings. The van der Waals surface area contributed by atoms with Crippen molar-refractivity contribution in [1.82, 2.24) is 4.98 Å². The average molecular weight is 297 g/mol. The van der Waals surface area contributed by atoms with Gasteiger partial charge in [0.15, 0.2) is 0 Å². The van der Waals surface area contributed by atoms with Gasteiger partial charge in [0.1, 0.15) is 19.0 Å². The van der Waals surface area contributed by atoms with Crippen LogP contribution in [0, 0.1) is 6.92 Å². The van der Waals surface area contributed by atoms with Gasteiger partial charge in [0, 0.05) is 11.9 Å². The summed E-state index contributed by atoms with van der Waals surface area (Å²) in [6.45, 7) is 7.63. The van der Waals surface area contributed by atoms with Crippen LogP contribution < -0.4 is 10.5 Å². The van der Waals surface area contributed by atoms with Gasteiger partial charge in [0.25, 0.3) is 0 Å². The van der Waals surface area contributed by atoms with Crippen molar-refractivity contribution in [2.45, 2.75) is 26.8 Å². The lowest BCUT2D eigenvalue weighted by atomic mass is 10.3. The van der Waals surface area contributed by atoms with Gasteiger partial charge in [-0.15, -0.1) is 0 Å². The third-order valence-electron chi connectivity index (χ3n) is 2.29. The molecular weight excluding hydrogens is 274 g/mol. The van der Waals surface area contributed by atoms with Crippen molar-refractivity contribution in [3.8, 4) is 5.75 Å². The molecule has 0 bridgehead atoms. The van der Waals surface area contributed by atoms with E-state index in [4.69, 9.17) is 15.2 Å². The molecular formula is C14H23N3O2S. The lowest BCUT2D eigenvalue weighted by Gasteiger charge is -2.13. The van der Waals surface area contributed by atoms with Gasteiger partial charge in [-0.1, -0.05) is 25.6 Å². The highest BCUT2D eigenvalue weighted by molar-refractivity contribution is 8.13. The summed E-state index contributed by atoms with van der Waals surface area (Å²) >= 11 is 1.62. The van der Waals surface area contributed by atoms with Crippen molar-refractivity contribution in [2.75, 3.05) is 25.5 Å². The van der Waals surface area contributed by atoms with Gasteiger partial charge in [0.2, 0.25) is 5.23 Å². The molecule has 112 valence electrons. The topological polar surface area (TPSA) is 69.7 Å². The van der Waals surface area contributed by atoms with Crippen LogP contribution in [0.15, 0.2) is 23.5 Å². The van der Waals surface area contributed by atoms with Crippen LogP contribution >= 0.6 is 11.8 Å². The number of nitrogens with zero attached hydrogens (tertiary/aromatic N) is 2. The SMILES string of the molecule is CC.Cc1cncc(OCC(N)COC2=NCCS2)c1. The Morgan fingerprint density at radius 2 is 2.05 bits per heavy atom. The van der Waals surface area contributed by atoms with Gasteiger partial charge in [-0.05, 0) is 18.6 Å². The second kappa shape index (κ2) is 9.61. The quantitative estimate of drug-likeness (QED) is 0.902. The van der Waals surface area contributed by atoms with Crippen molar-refractivity contribution < 1.29 is 9.47 Å². The van der Waals surface area contributed by atoms with Crippen LogP contribution in [-0.2, 0) is 4.74 Å². The Labute approximate surface area is 125 Å². The number of thioether (sulfide) groups is 1. The Bertz CT molecular complexity index is 427. The van der Waals surface area contributed by atoms with Crippen LogP contribution in [-0.4, -0.2) is 41.8 Å². The van der Waals surface area contributed by atoms with Crippen molar-refractivity contribution in [3.05, 3.63) is 24.0 Å². The Hall–Kier alpha value is -1.27. The van der Waals surface area contributed by atoms with Gasteiger partial charge < -0.3 is 15.2 Å². The number of nitrogens with two attached hydrogens (primary N) is 1. The molecule has 6 heteroatoms. The molecule has 2 rings (SSSR count). The van der Waals surface area contributed by atoms with E-state index in [0.717, 1.165) is 28.8 Å². The van der Waals surface area contributed by atoms with Crippen LogP contribution in [0.4, 0.5) is 0 Å². The van der Waals surface area contributed by atoms with Crippen LogP contribution in [0.2, 0.25) is 0 Å². The first-order valence-corrected chi connectivity index (χ1v) is 7.82. The second-order valence-corrected chi connectivity index (χ2v) is 5.12. The molecule has 1 aromatic heterocycles. The summed E-state index contributed by atoms with van der Waals surface area (Å²) in [6, 6.07) is 1.76. The van der Waals surface area contributed by atoms with E-state index in [0.29, 0.717) is 13.2 Å². The fraction of sp³-hybridized carbons (Fsp3) is 0.571. The standard InChI is InChI=1S/C12H17N3O2S.C2H6/c1-9-4-11(6-14-5-9)16-7-10(13)8-17-12-15-2-3-18-12;1-2/h4-6,10H,2-3,7-8,13H2,1H3;1-2H3. The summed E-state index contributed by atoms with van der Waals surface area (Å²) in [4.78, 5) is 8.24. The number of ether oxygens (including phenoxy) is 2. The lowest BCUT2D eigenvalue weighted by Crippen LogP contribution is -2.33. The Morgan fingerprint density at radius 3 is 2.70 bits per heavy atom. The Balaban J connectivity index is 0.000000956. The summed E-state index contributed by atoms with van der Waals surface area (Å²) in [5, 5.41) is 0.739. The molecule has 1 aliphatic heterocycles. The fourth-order valence-electron chi connectivity index (χ4n) is 1.44. The molecule has 20 heavy (non-hydrogen) atoms. The second-order valence-electron chi connectivity index (χ2n) is 4.08. The summed E-state index contributed by atoms with van der Waals surface area (Å²) < 4.78 is 11.0. The summed E-state index contributed by atoms with van der Waals surface area (Å²) in [7, 11) is 0. The van der Waals surface area contributed by atoms with E-state index in [1.807, 2.05) is 26.8 Å². The maximum absolute atomic E-state index is 5.90. The highest BCUT2D eigenvalue weighted by Gasteiger charge is 2.11. The van der Waals surface area contributed by atoms with Crippen LogP contribution in [0.1, 0.15) is 19.4 Å². The van der Waals surface area contributed by atoms with E-state index in [2.05, 4.69) is 9.98 Å². The molecule has 0 aromatic carbocycles. The molecule has 2 N–H and O–H groups in total. The minimum atomic E-state index is -0.172. The normalized spacial score (nSPS) is 14.9. The van der Waals surface area contributed by atoms with Gasteiger partial charge in [-0.3, -0.25) is 4.98 Å². The zero-order valence-electron chi connectivity index (χ0n) is 12.3. The molecule has 0 saturated heterocycles. The van der Waals surface area contributed by atoms with Gasteiger partial charge in [-0.25, -0.2) is 4.99 Å². The van der Waals surface area contributed by atoms with Gasteiger partial charge in [0.05, 0.1) is 18.8 Å². The van der Waals surface area contributed by atoms with E-state index in [9.17, 15) is 0 Å². The first kappa shape index (κ1) is 16.8. The number of hydrogen-bond donors (Lipinski definition) is 1. The van der Waals surface area contributed by atoms with Crippen molar-refractivity contribution in [3.63, 3.8) is 0 Å². The first-order chi connectivity index (χ1) is 9.74. The molecule has 1 unspecified atom stereocenters. The van der Waals surface area contributed by atoms with Crippen LogP contribution in [0.5, 0.6) is 5.75 Å². The van der Waals surface area contributed by atoms with E-state index in [-0.39, 0.29) is 6.04 Å². The zero-order valence-corrected chi connectivity index (χ0v) is 13.2. The fourth-order valence-corrected chi connectivity index (χ4v) is 2.13. The number of hydrogen-bond acceptors (Lipinski definition) is 6. The lowest BCUT2D eigenvalue weighted by molar-refractivity contribution is 0.217. The summed E-state index contributed by atoms with van der Waals surface area (Å²) in [5.41, 5.74) is 6.97. The molecule has 0 saturated carbocycles. The number of aromatic nitrogens is 1. The highest BCUT2D eigenvalue weighted by Crippen LogP contribution is 2.13. The molecule has 5 nitrogen and oxygen atoms in total. The Kier molecular flexibility index (Phi) is 8.06. The first-order valence-electron chi connectivity index (χ1n) is 6.84. The van der Waals surface area contributed by atoms with Crippen LogP contribution in [0.25, 0.3) is 0 Å². The molecule has 0 spiro atoms. The predicted octanol–water partition coefficient (Wildman–Crippen LogP) is 2.24. The molecule has 0 aliphatic carbocycles. The van der Waals surface area contributed by atoms with E-state index < -0.39 is 0 Å². The third-order valence-corrected chi connectivity index (χ3v) is 3.17. The minimum Gasteiger partial charge on any atom is -0.490 e. The number of aliphatic imine (C=N–C) groups is 1. The molecule has 0 radical (unpaired) electrons. The Morgan fingerprint density at radius 1 is 1.30 bits per heavy atom. The third kappa shape index (κ3) is 6.25. The highest BCUT2D eigenvalue weighted by atomic mass is 32.2. The van der Waals surface area contributed by atoms with E-state index in [1.54, 1.807) is 24.2 Å². The van der Waals surface area contributed by atoms with Gasteiger partial charge in [-0.2, -0.15) is 0 Å². The summed E-state index contributed by atoms with van der Waals surface area (Å²) in [5.74, 6) is 1.73. The van der Waals surface area contributed by atoms with Crippen molar-refractivity contribution >= 4 is 17.0 Å². The summed E-state index contributed by atoms with van der Waals surface area (Å²) in [6.07, 6.45) is 3.46. The molecule has 1 atom stereocenters. The number of rotatable bonds is 5. The molecule has 1 aliphatic rings. The minimum absolute atomic E-state index is 0.172. The monoisotopic (exact) mass is 297 g/mol. The zero-order chi connectivity index (χ0) is 14.8. The average Bonchev–Trinajstić information content (AvgIpc) is 2.98. The van der Waals surface area contributed by atoms with E-state index in [1.165, 1.54) is 0 Å². The largest absolute Gasteiger partial charge is 0.490 e. The van der Waals surface area contributed by atoms with Gasteiger partial charge >= 0.3 is 0 Å².